The van der Waals surface area contributed by atoms with Crippen LogP contribution >= 0.6 is 0 Å². The van der Waals surface area contributed by atoms with E-state index in [1.807, 2.05) is 158 Å². The number of benzene rings is 8. The van der Waals surface area contributed by atoms with Crippen molar-refractivity contribution in [1.29, 1.82) is 0 Å². The summed E-state index contributed by atoms with van der Waals surface area (Å²) in [6.07, 6.45) is 0. The summed E-state index contributed by atoms with van der Waals surface area (Å²) in [6, 6.07) is 59.3. The first kappa shape index (κ1) is 31.8. The van der Waals surface area contributed by atoms with Crippen molar-refractivity contribution in [2.45, 2.75) is 0 Å². The van der Waals surface area contributed by atoms with Crippen LogP contribution in [0, 0.1) is 0 Å². The molecule has 6 heteroatoms. The van der Waals surface area contributed by atoms with E-state index in [1.54, 1.807) is 4.57 Å². The first-order chi connectivity index (χ1) is 27.6. The van der Waals surface area contributed by atoms with Gasteiger partial charge in [0.1, 0.15) is 22.3 Å². The molecule has 56 heavy (non-hydrogen) atoms. The monoisotopic (exact) mass is 722 g/mol. The number of fused-ring (bicyclic) bond motifs is 7. The lowest BCUT2D eigenvalue weighted by Gasteiger charge is -2.16. The van der Waals surface area contributed by atoms with E-state index in [4.69, 9.17) is 8.83 Å². The zero-order valence-electron chi connectivity index (χ0n) is 29.8. The van der Waals surface area contributed by atoms with Crippen LogP contribution in [0.2, 0.25) is 0 Å². The highest BCUT2D eigenvalue weighted by molar-refractivity contribution is 6.10. The Balaban J connectivity index is 1.07. The first-order valence-electron chi connectivity index (χ1n) is 18.5. The molecule has 3 heterocycles. The summed E-state index contributed by atoms with van der Waals surface area (Å²) < 4.78 is 15.5. The van der Waals surface area contributed by atoms with Gasteiger partial charge in [0, 0.05) is 32.7 Å². The van der Waals surface area contributed by atoms with Gasteiger partial charge in [-0.2, -0.15) is 0 Å². The molecule has 0 amide bonds. The molecule has 0 bridgehead atoms. The number of nitrogens with zero attached hydrogens (tertiary/aromatic N) is 2. The fourth-order valence-corrected chi connectivity index (χ4v) is 8.12. The zero-order chi connectivity index (χ0) is 37.3. The molecule has 0 radical (unpaired) electrons. The molecule has 0 N–H and O–H groups in total. The Morgan fingerprint density at radius 2 is 0.839 bits per heavy atom. The van der Waals surface area contributed by atoms with Crippen molar-refractivity contribution in [3.8, 4) is 44.8 Å². The van der Waals surface area contributed by atoms with Crippen LogP contribution in [0.3, 0.4) is 0 Å². The first-order valence-corrected chi connectivity index (χ1v) is 18.5. The molecule has 8 aromatic carbocycles. The number of aromatic nitrogens is 2. The van der Waals surface area contributed by atoms with Crippen molar-refractivity contribution in [1.82, 2.24) is 9.13 Å². The van der Waals surface area contributed by atoms with E-state index in [-0.39, 0.29) is 5.56 Å². The summed E-state index contributed by atoms with van der Waals surface area (Å²) >= 11 is 0. The van der Waals surface area contributed by atoms with Crippen molar-refractivity contribution in [3.05, 3.63) is 203 Å². The predicted octanol–water partition coefficient (Wildman–Crippen LogP) is 11.9. The Morgan fingerprint density at radius 3 is 1.41 bits per heavy atom. The van der Waals surface area contributed by atoms with E-state index < -0.39 is 5.69 Å². The maximum absolute atomic E-state index is 14.8. The predicted molar refractivity (Wildman–Crippen MR) is 226 cm³/mol. The van der Waals surface area contributed by atoms with E-state index in [9.17, 15) is 9.59 Å². The molecule has 0 aliphatic heterocycles. The summed E-state index contributed by atoms with van der Waals surface area (Å²) in [5.41, 5.74) is 9.67. The highest BCUT2D eigenvalue weighted by Crippen LogP contribution is 2.37. The fraction of sp³-hybridized carbons (Fsp3) is 0. The van der Waals surface area contributed by atoms with E-state index in [2.05, 4.69) is 24.3 Å². The van der Waals surface area contributed by atoms with Gasteiger partial charge >= 0.3 is 5.69 Å². The second kappa shape index (κ2) is 12.4. The van der Waals surface area contributed by atoms with Gasteiger partial charge in [-0.25, -0.2) is 9.36 Å². The third-order valence-electron chi connectivity index (χ3n) is 10.8. The highest BCUT2D eigenvalue weighted by atomic mass is 16.3. The molecule has 0 saturated carbocycles. The molecule has 11 rings (SSSR count). The second-order valence-electron chi connectivity index (χ2n) is 14.0. The smallest absolute Gasteiger partial charge is 0.340 e. The van der Waals surface area contributed by atoms with Crippen LogP contribution in [0.25, 0.3) is 99.5 Å². The maximum Gasteiger partial charge on any atom is 0.340 e. The summed E-state index contributed by atoms with van der Waals surface area (Å²) in [5, 5.41) is 4.63. The lowest BCUT2D eigenvalue weighted by Crippen LogP contribution is -2.38. The zero-order valence-corrected chi connectivity index (χ0v) is 29.8. The van der Waals surface area contributed by atoms with Crippen LogP contribution in [0.4, 0.5) is 0 Å². The van der Waals surface area contributed by atoms with Gasteiger partial charge < -0.3 is 8.83 Å². The van der Waals surface area contributed by atoms with Crippen molar-refractivity contribution in [2.75, 3.05) is 0 Å². The minimum atomic E-state index is -0.466. The molecule has 3 aromatic heterocycles. The van der Waals surface area contributed by atoms with Gasteiger partial charge in [0.2, 0.25) is 0 Å². The van der Waals surface area contributed by atoms with Crippen LogP contribution in [-0.2, 0) is 0 Å². The number of para-hydroxylation sites is 4. The van der Waals surface area contributed by atoms with Crippen molar-refractivity contribution in [3.63, 3.8) is 0 Å². The molecule has 0 unspecified atom stereocenters. The number of furan rings is 2. The van der Waals surface area contributed by atoms with E-state index in [0.29, 0.717) is 22.3 Å². The van der Waals surface area contributed by atoms with Crippen LogP contribution in [0.15, 0.2) is 200 Å². The SMILES string of the molecule is O=c1c2ccc(-c3ccccc3)cc2n(-c2ccc(-c3cccc4c3oc3ccccc34)cc2)c(=O)n1-c1ccc(-c2cccc3c2oc2ccccc23)cc1. The Bertz CT molecular complexity index is 3440. The number of rotatable bonds is 5. The Hall–Kier alpha value is -7.70. The quantitative estimate of drug-likeness (QED) is 0.177. The van der Waals surface area contributed by atoms with Gasteiger partial charge in [-0.1, -0.05) is 133 Å². The normalized spacial score (nSPS) is 11.7. The molecular formula is C50H30N2O4. The largest absolute Gasteiger partial charge is 0.455 e. The molecule has 0 saturated heterocycles. The van der Waals surface area contributed by atoms with Crippen LogP contribution in [0.5, 0.6) is 0 Å². The molecule has 0 atom stereocenters. The van der Waals surface area contributed by atoms with Gasteiger partial charge in [0.25, 0.3) is 5.56 Å². The second-order valence-corrected chi connectivity index (χ2v) is 14.0. The lowest BCUT2D eigenvalue weighted by atomic mass is 10.0. The molecule has 0 spiro atoms. The molecule has 11 aromatic rings. The average Bonchev–Trinajstić information content (AvgIpc) is 3.83. The number of hydrogen-bond donors (Lipinski definition) is 0. The summed E-state index contributed by atoms with van der Waals surface area (Å²) in [7, 11) is 0. The molecule has 0 fully saturated rings. The van der Waals surface area contributed by atoms with Gasteiger partial charge in [-0.3, -0.25) is 9.36 Å². The van der Waals surface area contributed by atoms with E-state index >= 15 is 0 Å². The molecule has 6 nitrogen and oxygen atoms in total. The minimum Gasteiger partial charge on any atom is -0.455 e. The van der Waals surface area contributed by atoms with Crippen molar-refractivity contribution >= 4 is 54.8 Å². The Morgan fingerprint density at radius 1 is 0.357 bits per heavy atom. The van der Waals surface area contributed by atoms with Gasteiger partial charge in [0.05, 0.1) is 22.3 Å². The molecule has 264 valence electrons. The fourth-order valence-electron chi connectivity index (χ4n) is 8.12. The van der Waals surface area contributed by atoms with Gasteiger partial charge in [-0.05, 0) is 70.8 Å². The van der Waals surface area contributed by atoms with Gasteiger partial charge in [0.15, 0.2) is 0 Å². The Labute approximate surface area is 319 Å². The van der Waals surface area contributed by atoms with E-state index in [0.717, 1.165) is 77.3 Å². The molecular weight excluding hydrogens is 693 g/mol. The highest BCUT2D eigenvalue weighted by Gasteiger charge is 2.19. The lowest BCUT2D eigenvalue weighted by molar-refractivity contribution is 0.669. The van der Waals surface area contributed by atoms with Gasteiger partial charge in [-0.15, -0.1) is 0 Å². The van der Waals surface area contributed by atoms with Crippen molar-refractivity contribution in [2.24, 2.45) is 0 Å². The average molecular weight is 723 g/mol. The Kier molecular flexibility index (Phi) is 7.06. The minimum absolute atomic E-state index is 0.388. The van der Waals surface area contributed by atoms with Crippen LogP contribution in [-0.4, -0.2) is 9.13 Å². The summed E-state index contributed by atoms with van der Waals surface area (Å²) in [6.45, 7) is 0. The molecule has 0 aliphatic rings. The maximum atomic E-state index is 14.8. The van der Waals surface area contributed by atoms with Crippen LogP contribution < -0.4 is 11.2 Å². The van der Waals surface area contributed by atoms with Crippen molar-refractivity contribution < 1.29 is 8.83 Å². The topological polar surface area (TPSA) is 70.3 Å². The third kappa shape index (κ3) is 4.90. The third-order valence-corrected chi connectivity index (χ3v) is 10.8. The van der Waals surface area contributed by atoms with Crippen LogP contribution in [0.1, 0.15) is 0 Å². The van der Waals surface area contributed by atoms with E-state index in [1.165, 1.54) is 4.57 Å². The summed E-state index contributed by atoms with van der Waals surface area (Å²) in [5.74, 6) is 0. The standard InChI is InChI=1S/C50H30N2O4/c53-49-43-29-24-34(31-10-2-1-3-11-31)30-44(43)51(35-25-20-32(21-26-35)37-14-8-16-41-39-12-4-6-18-45(39)55-47(37)41)50(54)52(49)36-27-22-33(23-28-36)38-15-9-17-42-40-13-5-7-19-46(40)56-48(38)42/h1-30H. The number of hydrogen-bond acceptors (Lipinski definition) is 4. The molecule has 0 aliphatic carbocycles. The summed E-state index contributed by atoms with van der Waals surface area (Å²) in [4.78, 5) is 29.2.